The van der Waals surface area contributed by atoms with Gasteiger partial charge in [-0.05, 0) is 10.8 Å². The van der Waals surface area contributed by atoms with Gasteiger partial charge in [-0.2, -0.15) is 13.5 Å². The van der Waals surface area contributed by atoms with Crippen molar-refractivity contribution < 1.29 is 0 Å². The first-order valence-corrected chi connectivity index (χ1v) is 3.40. The Labute approximate surface area is 73.3 Å². The fourth-order valence-electron chi connectivity index (χ4n) is 1.13. The maximum Gasteiger partial charge on any atom is -0.0184 e. The van der Waals surface area contributed by atoms with Gasteiger partial charge in [-0.25, -0.2) is 0 Å². The molecule has 56 valence electrons. The highest BCUT2D eigenvalue weighted by molar-refractivity contribution is 7.59. The normalized spacial score (nSPS) is 9.09. The van der Waals surface area contributed by atoms with E-state index in [-0.39, 0.29) is 13.5 Å². The molecule has 0 saturated carbocycles. The number of fused-ring (bicyclic) bond motifs is 1. The second-order valence-electron chi connectivity index (χ2n) is 2.35. The summed E-state index contributed by atoms with van der Waals surface area (Å²) in [6, 6.07) is 16.7. The van der Waals surface area contributed by atoms with E-state index in [0.717, 1.165) is 0 Å². The molecule has 0 aromatic heterocycles. The molecule has 2 rings (SSSR count). The van der Waals surface area contributed by atoms with Crippen LogP contribution in [0.15, 0.2) is 48.5 Å². The van der Waals surface area contributed by atoms with Gasteiger partial charge in [0.05, 0.1) is 0 Å². The van der Waals surface area contributed by atoms with Gasteiger partial charge in [0.1, 0.15) is 0 Å². The van der Waals surface area contributed by atoms with Crippen molar-refractivity contribution in [2.45, 2.75) is 0 Å². The van der Waals surface area contributed by atoms with Gasteiger partial charge < -0.3 is 0 Å². The lowest BCUT2D eigenvalue weighted by atomic mass is 10.1. The number of hydrogen-bond donors (Lipinski definition) is 0. The Bertz CT molecular complexity index is 276. The van der Waals surface area contributed by atoms with Crippen molar-refractivity contribution in [1.29, 1.82) is 0 Å². The van der Waals surface area contributed by atoms with Crippen molar-refractivity contribution in [3.05, 3.63) is 48.5 Å². The quantitative estimate of drug-likeness (QED) is 0.558. The Morgan fingerprint density at radius 3 is 1.09 bits per heavy atom. The SMILES string of the molecule is S.c1ccc2ccccc2c1. The number of hydrogen-bond acceptors (Lipinski definition) is 0. The van der Waals surface area contributed by atoms with Crippen LogP contribution in [0, 0.1) is 0 Å². The Kier molecular flexibility index (Phi) is 2.55. The largest absolute Gasteiger partial charge is 0.197 e. The van der Waals surface area contributed by atoms with E-state index in [1.165, 1.54) is 10.8 Å². The Morgan fingerprint density at radius 2 is 0.818 bits per heavy atom. The first-order valence-electron chi connectivity index (χ1n) is 3.40. The molecule has 11 heavy (non-hydrogen) atoms. The maximum absolute atomic E-state index is 2.12. The molecule has 0 nitrogen and oxygen atoms in total. The van der Waals surface area contributed by atoms with Crippen molar-refractivity contribution in [2.75, 3.05) is 0 Å². The van der Waals surface area contributed by atoms with Gasteiger partial charge in [-0.15, -0.1) is 0 Å². The summed E-state index contributed by atoms with van der Waals surface area (Å²) >= 11 is 0. The molecule has 1 heteroatoms. The predicted octanol–water partition coefficient (Wildman–Crippen LogP) is 2.95. The molecule has 0 aliphatic rings. The van der Waals surface area contributed by atoms with Gasteiger partial charge in [0.2, 0.25) is 0 Å². The third kappa shape index (κ3) is 1.55. The van der Waals surface area contributed by atoms with Crippen LogP contribution >= 0.6 is 13.5 Å². The molecular weight excluding hydrogens is 152 g/mol. The maximum atomic E-state index is 2.12. The molecule has 0 radical (unpaired) electrons. The highest BCUT2D eigenvalue weighted by Gasteiger charge is 1.85. The van der Waals surface area contributed by atoms with Gasteiger partial charge in [-0.3, -0.25) is 0 Å². The van der Waals surface area contributed by atoms with Crippen molar-refractivity contribution in [3.8, 4) is 0 Å². The zero-order valence-electron chi connectivity index (χ0n) is 6.12. The van der Waals surface area contributed by atoms with Crippen LogP contribution in [0.3, 0.4) is 0 Å². The van der Waals surface area contributed by atoms with Crippen LogP contribution in [0.25, 0.3) is 10.8 Å². The molecule has 0 atom stereocenters. The van der Waals surface area contributed by atoms with E-state index in [2.05, 4.69) is 48.5 Å². The molecule has 2 aromatic carbocycles. The van der Waals surface area contributed by atoms with E-state index in [1.807, 2.05) is 0 Å². The van der Waals surface area contributed by atoms with Crippen LogP contribution in [0.1, 0.15) is 0 Å². The van der Waals surface area contributed by atoms with Crippen LogP contribution in [0.2, 0.25) is 0 Å². The summed E-state index contributed by atoms with van der Waals surface area (Å²) in [5, 5.41) is 2.62. The van der Waals surface area contributed by atoms with Crippen molar-refractivity contribution in [1.82, 2.24) is 0 Å². The van der Waals surface area contributed by atoms with Gasteiger partial charge in [-0.1, -0.05) is 48.5 Å². The summed E-state index contributed by atoms with van der Waals surface area (Å²) in [7, 11) is 0. The van der Waals surface area contributed by atoms with Crippen LogP contribution in [-0.4, -0.2) is 0 Å². The predicted molar refractivity (Wildman–Crippen MR) is 54.3 cm³/mol. The molecule has 2 aromatic rings. The van der Waals surface area contributed by atoms with Crippen molar-refractivity contribution in [2.24, 2.45) is 0 Å². The van der Waals surface area contributed by atoms with E-state index in [0.29, 0.717) is 0 Å². The smallest absolute Gasteiger partial charge is 0.0184 e. The van der Waals surface area contributed by atoms with Crippen molar-refractivity contribution in [3.63, 3.8) is 0 Å². The van der Waals surface area contributed by atoms with E-state index < -0.39 is 0 Å². The molecule has 0 N–H and O–H groups in total. The van der Waals surface area contributed by atoms with Gasteiger partial charge in [0.25, 0.3) is 0 Å². The molecule has 0 saturated heterocycles. The van der Waals surface area contributed by atoms with Gasteiger partial charge in [0, 0.05) is 0 Å². The van der Waals surface area contributed by atoms with Crippen molar-refractivity contribution >= 4 is 24.3 Å². The van der Waals surface area contributed by atoms with Gasteiger partial charge >= 0.3 is 0 Å². The van der Waals surface area contributed by atoms with E-state index >= 15 is 0 Å². The molecule has 0 aliphatic heterocycles. The highest BCUT2D eigenvalue weighted by Crippen LogP contribution is 2.11. The lowest BCUT2D eigenvalue weighted by molar-refractivity contribution is 1.75. The summed E-state index contributed by atoms with van der Waals surface area (Å²) < 4.78 is 0. The summed E-state index contributed by atoms with van der Waals surface area (Å²) in [5.41, 5.74) is 0. The third-order valence-corrected chi connectivity index (χ3v) is 1.66. The molecule has 0 amide bonds. The summed E-state index contributed by atoms with van der Waals surface area (Å²) in [6.45, 7) is 0. The van der Waals surface area contributed by atoms with Crippen LogP contribution in [0.5, 0.6) is 0 Å². The number of rotatable bonds is 0. The topological polar surface area (TPSA) is 0 Å². The minimum absolute atomic E-state index is 0. The summed E-state index contributed by atoms with van der Waals surface area (Å²) in [4.78, 5) is 0. The monoisotopic (exact) mass is 162 g/mol. The Balaban J connectivity index is 0.000000605. The molecular formula is C10H10S. The Morgan fingerprint density at radius 1 is 0.545 bits per heavy atom. The molecule has 0 bridgehead atoms. The number of benzene rings is 2. The zero-order chi connectivity index (χ0) is 6.81. The van der Waals surface area contributed by atoms with Crippen LogP contribution < -0.4 is 0 Å². The molecule has 0 aliphatic carbocycles. The third-order valence-electron chi connectivity index (χ3n) is 1.66. The average molecular weight is 162 g/mol. The van der Waals surface area contributed by atoms with Crippen LogP contribution in [0.4, 0.5) is 0 Å². The van der Waals surface area contributed by atoms with E-state index in [9.17, 15) is 0 Å². The second-order valence-corrected chi connectivity index (χ2v) is 2.35. The lowest BCUT2D eigenvalue weighted by Crippen LogP contribution is -1.67. The minimum Gasteiger partial charge on any atom is -0.197 e. The molecule has 0 unspecified atom stereocenters. The second kappa shape index (κ2) is 3.44. The van der Waals surface area contributed by atoms with E-state index in [1.54, 1.807) is 0 Å². The fourth-order valence-corrected chi connectivity index (χ4v) is 1.13. The summed E-state index contributed by atoms with van der Waals surface area (Å²) in [5.74, 6) is 0. The zero-order valence-corrected chi connectivity index (χ0v) is 7.12. The van der Waals surface area contributed by atoms with E-state index in [4.69, 9.17) is 0 Å². The fraction of sp³-hybridized carbons (Fsp3) is 0. The first-order chi connectivity index (χ1) is 4.97. The lowest BCUT2D eigenvalue weighted by Gasteiger charge is -1.92. The minimum atomic E-state index is 0. The molecule has 0 fully saturated rings. The van der Waals surface area contributed by atoms with Gasteiger partial charge in [0.15, 0.2) is 0 Å². The van der Waals surface area contributed by atoms with Crippen LogP contribution in [-0.2, 0) is 0 Å². The average Bonchev–Trinajstić information content (AvgIpc) is 2.05. The molecule has 0 spiro atoms. The first kappa shape index (κ1) is 8.15. The standard InChI is InChI=1S/C10H8.H2S/c1-2-6-10-8-4-3-7-9(10)5-1;/h1-8H;1H2. The Hall–Kier alpha value is -0.950. The highest BCUT2D eigenvalue weighted by atomic mass is 32.1. The molecule has 0 heterocycles. The summed E-state index contributed by atoms with van der Waals surface area (Å²) in [6.07, 6.45) is 0.